The molecule has 0 aliphatic carbocycles. The van der Waals surface area contributed by atoms with Crippen LogP contribution in [0.15, 0.2) is 0 Å². The van der Waals surface area contributed by atoms with Crippen molar-refractivity contribution in [2.24, 2.45) is 11.5 Å². The number of nitrogens with two attached hydrogens (primary N) is 2. The number of ether oxygens (including phenoxy) is 2. The molecule has 0 unspecified atom stereocenters. The minimum atomic E-state index is -0.543. The van der Waals surface area contributed by atoms with Crippen LogP contribution >= 0.6 is 0 Å². The fourth-order valence-corrected chi connectivity index (χ4v) is 1.35. The van der Waals surface area contributed by atoms with Crippen LogP contribution in [0.5, 0.6) is 0 Å². The van der Waals surface area contributed by atoms with Crippen molar-refractivity contribution in [2.45, 2.75) is 38.0 Å². The van der Waals surface area contributed by atoms with Gasteiger partial charge in [0.15, 0.2) is 6.29 Å². The molecule has 0 bridgehead atoms. The summed E-state index contributed by atoms with van der Waals surface area (Å²) in [7, 11) is 0. The minimum Gasteiger partial charge on any atom is -0.368 e. The molecule has 0 saturated carbocycles. The van der Waals surface area contributed by atoms with E-state index in [-0.39, 0.29) is 6.29 Å². The molecule has 0 aromatic rings. The Labute approximate surface area is 83.7 Å². The van der Waals surface area contributed by atoms with Crippen LogP contribution in [0.25, 0.3) is 0 Å². The largest absolute Gasteiger partial charge is 0.368 e. The monoisotopic (exact) mass is 202 g/mol. The molecule has 1 amide bonds. The van der Waals surface area contributed by atoms with Crippen molar-refractivity contribution < 1.29 is 14.3 Å². The lowest BCUT2D eigenvalue weighted by atomic mass is 10.1. The molecule has 5 nitrogen and oxygen atoms in total. The summed E-state index contributed by atoms with van der Waals surface area (Å²) >= 11 is 0. The first-order valence-corrected chi connectivity index (χ1v) is 4.98. The first-order valence-electron chi connectivity index (χ1n) is 4.98. The molecule has 1 saturated heterocycles. The van der Waals surface area contributed by atoms with Gasteiger partial charge in [0.05, 0.1) is 19.3 Å². The van der Waals surface area contributed by atoms with Gasteiger partial charge in [-0.2, -0.15) is 0 Å². The molecule has 1 aliphatic heterocycles. The quantitative estimate of drug-likeness (QED) is 0.642. The maximum Gasteiger partial charge on any atom is 0.234 e. The average molecular weight is 202 g/mol. The second kappa shape index (κ2) is 5.95. The van der Waals surface area contributed by atoms with Crippen molar-refractivity contribution in [2.75, 3.05) is 13.2 Å². The first kappa shape index (κ1) is 11.4. The van der Waals surface area contributed by atoms with E-state index in [1.54, 1.807) is 0 Å². The van der Waals surface area contributed by atoms with Crippen molar-refractivity contribution in [1.29, 1.82) is 0 Å². The van der Waals surface area contributed by atoms with Crippen LogP contribution in [-0.2, 0) is 14.3 Å². The lowest BCUT2D eigenvalue weighted by Gasteiger charge is -2.23. The van der Waals surface area contributed by atoms with Gasteiger partial charge < -0.3 is 20.9 Å². The van der Waals surface area contributed by atoms with Gasteiger partial charge in [0.1, 0.15) is 0 Å². The Kier molecular flexibility index (Phi) is 4.86. The highest BCUT2D eigenvalue weighted by Gasteiger charge is 2.15. The number of rotatable bonds is 5. The molecule has 1 fully saturated rings. The summed E-state index contributed by atoms with van der Waals surface area (Å²) in [6.07, 6.45) is 3.01. The summed E-state index contributed by atoms with van der Waals surface area (Å²) in [6, 6.07) is -0.543. The van der Waals surface area contributed by atoms with E-state index in [4.69, 9.17) is 20.9 Å². The molecule has 0 radical (unpaired) electrons. The van der Waals surface area contributed by atoms with Crippen molar-refractivity contribution in [3.63, 3.8) is 0 Å². The smallest absolute Gasteiger partial charge is 0.234 e. The van der Waals surface area contributed by atoms with Crippen molar-refractivity contribution in [1.82, 2.24) is 0 Å². The van der Waals surface area contributed by atoms with E-state index in [1.165, 1.54) is 0 Å². The predicted molar refractivity (Wildman–Crippen MR) is 51.3 cm³/mol. The zero-order chi connectivity index (χ0) is 10.4. The van der Waals surface area contributed by atoms with Crippen LogP contribution in [0, 0.1) is 0 Å². The predicted octanol–water partition coefficient (Wildman–Crippen LogP) is -0.268. The third-order valence-electron chi connectivity index (χ3n) is 2.22. The molecule has 1 aliphatic rings. The summed E-state index contributed by atoms with van der Waals surface area (Å²) in [5.41, 5.74) is 10.5. The topological polar surface area (TPSA) is 87.6 Å². The summed E-state index contributed by atoms with van der Waals surface area (Å²) in [5, 5.41) is 0. The van der Waals surface area contributed by atoms with E-state index >= 15 is 0 Å². The Balaban J connectivity index is 2.05. The number of hydrogen-bond donors (Lipinski definition) is 2. The number of hydrogen-bond acceptors (Lipinski definition) is 4. The lowest BCUT2D eigenvalue weighted by molar-refractivity contribution is -0.181. The molecule has 1 rings (SSSR count). The van der Waals surface area contributed by atoms with Crippen molar-refractivity contribution in [3.05, 3.63) is 0 Å². The normalized spacial score (nSPS) is 20.6. The Hall–Kier alpha value is -0.650. The number of carbonyl (C=O) groups excluding carboxylic acids is 1. The van der Waals surface area contributed by atoms with Crippen LogP contribution in [0.3, 0.4) is 0 Å². The summed E-state index contributed by atoms with van der Waals surface area (Å²) in [5.74, 6) is -0.449. The maximum atomic E-state index is 10.6. The van der Waals surface area contributed by atoms with Gasteiger partial charge in [0, 0.05) is 0 Å². The van der Waals surface area contributed by atoms with E-state index in [2.05, 4.69) is 0 Å². The SMILES string of the molecule is NC(=O)[C@@H](N)CCCC1OCCCO1. The molecule has 1 atom stereocenters. The molecule has 0 aromatic carbocycles. The van der Waals surface area contributed by atoms with Crippen LogP contribution in [0.2, 0.25) is 0 Å². The summed E-state index contributed by atoms with van der Waals surface area (Å²) in [4.78, 5) is 10.6. The van der Waals surface area contributed by atoms with Gasteiger partial charge in [0.2, 0.25) is 5.91 Å². The molecule has 14 heavy (non-hydrogen) atoms. The van der Waals surface area contributed by atoms with Gasteiger partial charge in [-0.1, -0.05) is 0 Å². The van der Waals surface area contributed by atoms with Gasteiger partial charge in [-0.25, -0.2) is 0 Å². The van der Waals surface area contributed by atoms with Crippen molar-refractivity contribution >= 4 is 5.91 Å². The Morgan fingerprint density at radius 2 is 2.07 bits per heavy atom. The van der Waals surface area contributed by atoms with Crippen LogP contribution in [-0.4, -0.2) is 31.5 Å². The van der Waals surface area contributed by atoms with E-state index < -0.39 is 11.9 Å². The summed E-state index contributed by atoms with van der Waals surface area (Å²) in [6.45, 7) is 1.51. The molecule has 0 spiro atoms. The van der Waals surface area contributed by atoms with Gasteiger partial charge in [-0.3, -0.25) is 4.79 Å². The Morgan fingerprint density at radius 1 is 1.43 bits per heavy atom. The highest BCUT2D eigenvalue weighted by atomic mass is 16.7. The van der Waals surface area contributed by atoms with E-state index in [1.807, 2.05) is 0 Å². The number of amides is 1. The van der Waals surface area contributed by atoms with Gasteiger partial charge >= 0.3 is 0 Å². The van der Waals surface area contributed by atoms with E-state index in [0.717, 1.165) is 32.5 Å². The third-order valence-corrected chi connectivity index (χ3v) is 2.22. The molecule has 1 heterocycles. The lowest BCUT2D eigenvalue weighted by Crippen LogP contribution is -2.36. The molecule has 82 valence electrons. The maximum absolute atomic E-state index is 10.6. The van der Waals surface area contributed by atoms with Gasteiger partial charge in [0.25, 0.3) is 0 Å². The fourth-order valence-electron chi connectivity index (χ4n) is 1.35. The Bertz CT molecular complexity index is 181. The number of carbonyl (C=O) groups is 1. The second-order valence-corrected chi connectivity index (χ2v) is 3.46. The second-order valence-electron chi connectivity index (χ2n) is 3.46. The molecule has 0 aromatic heterocycles. The highest BCUT2D eigenvalue weighted by molar-refractivity contribution is 5.79. The zero-order valence-electron chi connectivity index (χ0n) is 8.28. The first-order chi connectivity index (χ1) is 6.70. The molecule has 5 heteroatoms. The van der Waals surface area contributed by atoms with E-state index in [0.29, 0.717) is 6.42 Å². The van der Waals surface area contributed by atoms with Crippen LogP contribution in [0.4, 0.5) is 0 Å². The molecule has 4 N–H and O–H groups in total. The van der Waals surface area contributed by atoms with E-state index in [9.17, 15) is 4.79 Å². The van der Waals surface area contributed by atoms with Crippen molar-refractivity contribution in [3.8, 4) is 0 Å². The van der Waals surface area contributed by atoms with Crippen LogP contribution in [0.1, 0.15) is 25.7 Å². The highest BCUT2D eigenvalue weighted by Crippen LogP contribution is 2.12. The average Bonchev–Trinajstić information content (AvgIpc) is 2.19. The third kappa shape index (κ3) is 4.04. The molecular formula is C9H18N2O3. The van der Waals surface area contributed by atoms with Gasteiger partial charge in [-0.15, -0.1) is 0 Å². The minimum absolute atomic E-state index is 0.121. The Morgan fingerprint density at radius 3 is 2.64 bits per heavy atom. The fraction of sp³-hybridized carbons (Fsp3) is 0.889. The molecular weight excluding hydrogens is 184 g/mol. The van der Waals surface area contributed by atoms with Crippen LogP contribution < -0.4 is 11.5 Å². The summed E-state index contributed by atoms with van der Waals surface area (Å²) < 4.78 is 10.7. The number of primary amides is 1. The zero-order valence-corrected chi connectivity index (χ0v) is 8.28. The standard InChI is InChI=1S/C9H18N2O3/c10-7(9(11)12)3-1-4-8-13-5-2-6-14-8/h7-8H,1-6,10H2,(H2,11,12)/t7-/m0/s1. The van der Waals surface area contributed by atoms with Gasteiger partial charge in [-0.05, 0) is 25.7 Å².